The van der Waals surface area contributed by atoms with Gasteiger partial charge in [0.05, 0.1) is 6.04 Å². The highest BCUT2D eigenvalue weighted by molar-refractivity contribution is 6.01. The summed E-state index contributed by atoms with van der Waals surface area (Å²) in [5.74, 6) is 0.0628. The maximum absolute atomic E-state index is 12.1. The van der Waals surface area contributed by atoms with E-state index in [0.29, 0.717) is 5.82 Å². The van der Waals surface area contributed by atoms with Crippen LogP contribution in [0.4, 0.5) is 0 Å². The zero-order valence-electron chi connectivity index (χ0n) is 11.9. The lowest BCUT2D eigenvalue weighted by Gasteiger charge is -2.14. The highest BCUT2D eigenvalue weighted by Crippen LogP contribution is 2.14. The van der Waals surface area contributed by atoms with Crippen LogP contribution in [0.2, 0.25) is 0 Å². The zero-order chi connectivity index (χ0) is 15.2. The van der Waals surface area contributed by atoms with Gasteiger partial charge < -0.3 is 10.3 Å². The predicted octanol–water partition coefficient (Wildman–Crippen LogP) is 2.50. The fourth-order valence-electron chi connectivity index (χ4n) is 1.94. The molecule has 1 atom stereocenters. The van der Waals surface area contributed by atoms with E-state index in [4.69, 9.17) is 5.26 Å². The van der Waals surface area contributed by atoms with E-state index in [2.05, 4.69) is 15.3 Å². The standard InChI is InChI=1S/C16H16N4O/c1-11-4-3-5-13(8-11)12(2)20-16(21)14(10-17)9-15-18-6-7-19-15/h3-9,12H,1-2H3,(H,18,19)(H,20,21)/b14-9+/t12-/m0/s1. The van der Waals surface area contributed by atoms with E-state index in [-0.39, 0.29) is 11.6 Å². The Morgan fingerprint density at radius 2 is 2.33 bits per heavy atom. The molecule has 1 heterocycles. The molecule has 1 aromatic carbocycles. The van der Waals surface area contributed by atoms with Crippen LogP contribution >= 0.6 is 0 Å². The number of H-pyrrole nitrogens is 1. The molecule has 0 bridgehead atoms. The molecule has 0 fully saturated rings. The third-order valence-electron chi connectivity index (χ3n) is 3.06. The Kier molecular flexibility index (Phi) is 4.52. The van der Waals surface area contributed by atoms with Crippen molar-refractivity contribution < 1.29 is 4.79 Å². The Labute approximate surface area is 123 Å². The first-order valence-electron chi connectivity index (χ1n) is 6.58. The molecule has 0 saturated heterocycles. The molecule has 106 valence electrons. The molecule has 5 heteroatoms. The summed E-state index contributed by atoms with van der Waals surface area (Å²) in [7, 11) is 0. The number of carbonyl (C=O) groups excluding carboxylic acids is 1. The minimum absolute atomic E-state index is 0.0180. The van der Waals surface area contributed by atoms with E-state index in [9.17, 15) is 4.79 Å². The second-order valence-corrected chi connectivity index (χ2v) is 4.75. The van der Waals surface area contributed by atoms with Crippen molar-refractivity contribution in [2.24, 2.45) is 0 Å². The van der Waals surface area contributed by atoms with Crippen LogP contribution in [0.25, 0.3) is 6.08 Å². The number of carbonyl (C=O) groups is 1. The molecule has 5 nitrogen and oxygen atoms in total. The van der Waals surface area contributed by atoms with Crippen LogP contribution in [0.3, 0.4) is 0 Å². The van der Waals surface area contributed by atoms with Gasteiger partial charge in [0.15, 0.2) is 0 Å². The van der Waals surface area contributed by atoms with Crippen LogP contribution in [0.5, 0.6) is 0 Å². The average Bonchev–Trinajstić information content (AvgIpc) is 2.97. The lowest BCUT2D eigenvalue weighted by Crippen LogP contribution is -2.27. The van der Waals surface area contributed by atoms with E-state index < -0.39 is 5.91 Å². The first-order chi connectivity index (χ1) is 10.1. The average molecular weight is 280 g/mol. The van der Waals surface area contributed by atoms with E-state index >= 15 is 0 Å². The summed E-state index contributed by atoms with van der Waals surface area (Å²) in [6.45, 7) is 3.88. The Morgan fingerprint density at radius 1 is 1.52 bits per heavy atom. The zero-order valence-corrected chi connectivity index (χ0v) is 11.9. The number of nitrogens with one attached hydrogen (secondary N) is 2. The highest BCUT2D eigenvalue weighted by atomic mass is 16.1. The molecule has 0 aliphatic heterocycles. The predicted molar refractivity (Wildman–Crippen MR) is 79.9 cm³/mol. The molecule has 0 unspecified atom stereocenters. The molecule has 1 amide bonds. The summed E-state index contributed by atoms with van der Waals surface area (Å²) in [4.78, 5) is 18.9. The van der Waals surface area contributed by atoms with Crippen molar-refractivity contribution in [1.29, 1.82) is 5.26 Å². The third kappa shape index (κ3) is 3.80. The van der Waals surface area contributed by atoms with Gasteiger partial charge in [0, 0.05) is 18.5 Å². The van der Waals surface area contributed by atoms with Crippen LogP contribution in [0, 0.1) is 18.3 Å². The number of amides is 1. The quantitative estimate of drug-likeness (QED) is 0.667. The molecule has 0 aliphatic carbocycles. The first kappa shape index (κ1) is 14.5. The maximum Gasteiger partial charge on any atom is 0.262 e. The van der Waals surface area contributed by atoms with E-state index in [1.165, 1.54) is 6.08 Å². The van der Waals surface area contributed by atoms with Gasteiger partial charge in [0.1, 0.15) is 17.5 Å². The normalized spacial score (nSPS) is 12.5. The molecular weight excluding hydrogens is 264 g/mol. The Morgan fingerprint density at radius 3 is 2.95 bits per heavy atom. The topological polar surface area (TPSA) is 81.6 Å². The fourth-order valence-corrected chi connectivity index (χ4v) is 1.94. The lowest BCUT2D eigenvalue weighted by atomic mass is 10.1. The summed E-state index contributed by atoms with van der Waals surface area (Å²) >= 11 is 0. The van der Waals surface area contributed by atoms with Crippen LogP contribution < -0.4 is 5.32 Å². The van der Waals surface area contributed by atoms with Crippen molar-refractivity contribution >= 4 is 12.0 Å². The summed E-state index contributed by atoms with van der Waals surface area (Å²) < 4.78 is 0. The summed E-state index contributed by atoms with van der Waals surface area (Å²) in [6.07, 6.45) is 4.63. The van der Waals surface area contributed by atoms with Gasteiger partial charge in [-0.15, -0.1) is 0 Å². The highest BCUT2D eigenvalue weighted by Gasteiger charge is 2.14. The number of aryl methyl sites for hydroxylation is 1. The smallest absolute Gasteiger partial charge is 0.262 e. The first-order valence-corrected chi connectivity index (χ1v) is 6.58. The third-order valence-corrected chi connectivity index (χ3v) is 3.06. The van der Waals surface area contributed by atoms with Crippen molar-refractivity contribution in [2.75, 3.05) is 0 Å². The SMILES string of the molecule is Cc1cccc([C@H](C)NC(=O)/C(C#N)=C/c2ncc[nH]2)c1. The molecular formula is C16H16N4O. The fraction of sp³-hybridized carbons (Fsp3) is 0.188. The Hall–Kier alpha value is -2.87. The van der Waals surface area contributed by atoms with Crippen LogP contribution in [0.1, 0.15) is 29.9 Å². The molecule has 0 spiro atoms. The van der Waals surface area contributed by atoms with Crippen LogP contribution in [-0.4, -0.2) is 15.9 Å². The molecule has 0 saturated carbocycles. The second-order valence-electron chi connectivity index (χ2n) is 4.75. The number of nitrogens with zero attached hydrogens (tertiary/aromatic N) is 2. The number of hydrogen-bond acceptors (Lipinski definition) is 3. The maximum atomic E-state index is 12.1. The molecule has 2 rings (SSSR count). The van der Waals surface area contributed by atoms with Crippen molar-refractivity contribution in [2.45, 2.75) is 19.9 Å². The molecule has 0 radical (unpaired) electrons. The minimum atomic E-state index is -0.414. The van der Waals surface area contributed by atoms with Gasteiger partial charge in [-0.25, -0.2) is 4.98 Å². The van der Waals surface area contributed by atoms with Crippen LogP contribution in [-0.2, 0) is 4.79 Å². The number of aromatic amines is 1. The molecule has 1 aromatic heterocycles. The van der Waals surface area contributed by atoms with E-state index in [0.717, 1.165) is 11.1 Å². The molecule has 2 N–H and O–H groups in total. The van der Waals surface area contributed by atoms with Crippen molar-refractivity contribution in [3.05, 3.63) is 59.2 Å². The Balaban J connectivity index is 2.11. The monoisotopic (exact) mass is 280 g/mol. The van der Waals surface area contributed by atoms with E-state index in [1.807, 2.05) is 44.2 Å². The summed E-state index contributed by atoms with van der Waals surface area (Å²) in [6, 6.07) is 9.61. The van der Waals surface area contributed by atoms with Gasteiger partial charge in [0.2, 0.25) is 0 Å². The van der Waals surface area contributed by atoms with Gasteiger partial charge in [-0.2, -0.15) is 5.26 Å². The second kappa shape index (κ2) is 6.53. The van der Waals surface area contributed by atoms with Gasteiger partial charge in [-0.05, 0) is 19.4 Å². The van der Waals surface area contributed by atoms with E-state index in [1.54, 1.807) is 12.4 Å². The van der Waals surface area contributed by atoms with Crippen molar-refractivity contribution in [3.63, 3.8) is 0 Å². The number of hydrogen-bond donors (Lipinski definition) is 2. The number of nitriles is 1. The van der Waals surface area contributed by atoms with Gasteiger partial charge >= 0.3 is 0 Å². The van der Waals surface area contributed by atoms with Gasteiger partial charge in [-0.1, -0.05) is 29.8 Å². The largest absolute Gasteiger partial charge is 0.345 e. The van der Waals surface area contributed by atoms with Crippen molar-refractivity contribution in [3.8, 4) is 6.07 Å². The van der Waals surface area contributed by atoms with Gasteiger partial charge in [-0.3, -0.25) is 4.79 Å². The molecule has 2 aromatic rings. The van der Waals surface area contributed by atoms with Crippen molar-refractivity contribution in [1.82, 2.24) is 15.3 Å². The van der Waals surface area contributed by atoms with Crippen LogP contribution in [0.15, 0.2) is 42.2 Å². The summed E-state index contributed by atoms with van der Waals surface area (Å²) in [5.41, 5.74) is 2.14. The molecule has 21 heavy (non-hydrogen) atoms. The Bertz CT molecular complexity index is 695. The lowest BCUT2D eigenvalue weighted by molar-refractivity contribution is -0.117. The number of benzene rings is 1. The number of rotatable bonds is 4. The molecule has 0 aliphatic rings. The minimum Gasteiger partial charge on any atom is -0.345 e. The van der Waals surface area contributed by atoms with Gasteiger partial charge in [0.25, 0.3) is 5.91 Å². The number of aromatic nitrogens is 2. The summed E-state index contributed by atoms with van der Waals surface area (Å²) in [5, 5.41) is 11.9. The number of imidazole rings is 1.